The number of nitrogens with zero attached hydrogens (tertiary/aromatic N) is 1. The standard InChI is InChI=1S/C16H16F2N2O4S/c1-9-6-13(20(21)22)8-16(10(9)2)25(23,24)19-11(3)14-5-4-12(17)7-15(14)18/h4-8,11,19H,1-3H3. The summed E-state index contributed by atoms with van der Waals surface area (Å²) in [6.07, 6.45) is 0. The van der Waals surface area contributed by atoms with Crippen LogP contribution >= 0.6 is 0 Å². The lowest BCUT2D eigenvalue weighted by molar-refractivity contribution is -0.385. The molecule has 2 aromatic carbocycles. The number of non-ortho nitro benzene ring substituents is 1. The summed E-state index contributed by atoms with van der Waals surface area (Å²) < 4.78 is 54.3. The van der Waals surface area contributed by atoms with Gasteiger partial charge in [-0.3, -0.25) is 10.1 Å². The van der Waals surface area contributed by atoms with Gasteiger partial charge in [0.1, 0.15) is 11.6 Å². The topological polar surface area (TPSA) is 89.3 Å². The summed E-state index contributed by atoms with van der Waals surface area (Å²) >= 11 is 0. The summed E-state index contributed by atoms with van der Waals surface area (Å²) in [7, 11) is -4.16. The number of sulfonamides is 1. The Morgan fingerprint density at radius 2 is 1.80 bits per heavy atom. The number of hydrogen-bond acceptors (Lipinski definition) is 4. The Morgan fingerprint density at radius 3 is 2.36 bits per heavy atom. The van der Waals surface area contributed by atoms with Crippen molar-refractivity contribution in [3.05, 3.63) is 68.8 Å². The molecule has 1 N–H and O–H groups in total. The summed E-state index contributed by atoms with van der Waals surface area (Å²) in [5, 5.41) is 11.0. The van der Waals surface area contributed by atoms with Crippen molar-refractivity contribution in [2.24, 2.45) is 0 Å². The fourth-order valence-electron chi connectivity index (χ4n) is 2.41. The highest BCUT2D eigenvalue weighted by molar-refractivity contribution is 7.89. The van der Waals surface area contributed by atoms with Gasteiger partial charge in [0, 0.05) is 29.8 Å². The summed E-state index contributed by atoms with van der Waals surface area (Å²) in [6.45, 7) is 4.48. The van der Waals surface area contributed by atoms with E-state index in [0.717, 1.165) is 18.2 Å². The van der Waals surface area contributed by atoms with Crippen LogP contribution in [0.1, 0.15) is 29.7 Å². The van der Waals surface area contributed by atoms with E-state index in [9.17, 15) is 27.3 Å². The molecule has 0 radical (unpaired) electrons. The van der Waals surface area contributed by atoms with E-state index in [1.54, 1.807) is 6.92 Å². The fraction of sp³-hybridized carbons (Fsp3) is 0.250. The Bertz CT molecular complexity index is 945. The maximum Gasteiger partial charge on any atom is 0.271 e. The van der Waals surface area contributed by atoms with Gasteiger partial charge in [-0.05, 0) is 38.0 Å². The highest BCUT2D eigenvalue weighted by atomic mass is 32.2. The molecule has 0 fully saturated rings. The second-order valence-corrected chi connectivity index (χ2v) is 7.33. The molecular formula is C16H16F2N2O4S. The lowest BCUT2D eigenvalue weighted by Crippen LogP contribution is -2.28. The average Bonchev–Trinajstić information content (AvgIpc) is 2.48. The third-order valence-electron chi connectivity index (χ3n) is 3.87. The van der Waals surface area contributed by atoms with E-state index >= 15 is 0 Å². The number of hydrogen-bond donors (Lipinski definition) is 1. The number of nitro groups is 1. The molecule has 0 spiro atoms. The van der Waals surface area contributed by atoms with Crippen LogP contribution in [-0.4, -0.2) is 13.3 Å². The minimum Gasteiger partial charge on any atom is -0.258 e. The van der Waals surface area contributed by atoms with Gasteiger partial charge in [-0.2, -0.15) is 0 Å². The van der Waals surface area contributed by atoms with Gasteiger partial charge in [0.2, 0.25) is 10.0 Å². The molecule has 1 unspecified atom stereocenters. The van der Waals surface area contributed by atoms with Gasteiger partial charge in [-0.25, -0.2) is 21.9 Å². The first-order valence-corrected chi connectivity index (χ1v) is 8.74. The Labute approximate surface area is 143 Å². The van der Waals surface area contributed by atoms with Crippen LogP contribution in [-0.2, 0) is 10.0 Å². The third-order valence-corrected chi connectivity index (χ3v) is 5.53. The molecule has 1 atom stereocenters. The number of rotatable bonds is 5. The van der Waals surface area contributed by atoms with Crippen LogP contribution in [0.3, 0.4) is 0 Å². The van der Waals surface area contributed by atoms with E-state index in [4.69, 9.17) is 0 Å². The Hall–Kier alpha value is -2.39. The fourth-order valence-corrected chi connectivity index (χ4v) is 3.96. The molecule has 9 heteroatoms. The summed E-state index contributed by atoms with van der Waals surface area (Å²) in [5.74, 6) is -1.66. The van der Waals surface area contributed by atoms with Crippen LogP contribution in [0.15, 0.2) is 35.2 Å². The van der Waals surface area contributed by atoms with Crippen molar-refractivity contribution in [3.8, 4) is 0 Å². The molecule has 2 rings (SSSR count). The van der Waals surface area contributed by atoms with Crippen LogP contribution in [0.4, 0.5) is 14.5 Å². The average molecular weight is 370 g/mol. The first-order chi connectivity index (χ1) is 11.5. The zero-order valence-electron chi connectivity index (χ0n) is 13.7. The third kappa shape index (κ3) is 3.99. The summed E-state index contributed by atoms with van der Waals surface area (Å²) in [4.78, 5) is 10.0. The minimum absolute atomic E-state index is 0.0372. The highest BCUT2D eigenvalue weighted by Gasteiger charge is 2.25. The second kappa shape index (κ2) is 6.85. The van der Waals surface area contributed by atoms with Gasteiger partial charge in [0.25, 0.3) is 5.69 Å². The first kappa shape index (κ1) is 18.9. The first-order valence-electron chi connectivity index (χ1n) is 7.26. The van der Waals surface area contributed by atoms with Crippen LogP contribution in [0, 0.1) is 35.6 Å². The molecule has 0 heterocycles. The molecule has 0 aliphatic heterocycles. The van der Waals surface area contributed by atoms with Gasteiger partial charge in [0.05, 0.1) is 9.82 Å². The maximum atomic E-state index is 13.8. The molecule has 0 aliphatic rings. The maximum absolute atomic E-state index is 13.8. The SMILES string of the molecule is Cc1cc([N+](=O)[O-])cc(S(=O)(=O)NC(C)c2ccc(F)cc2F)c1C. The van der Waals surface area contributed by atoms with Gasteiger partial charge >= 0.3 is 0 Å². The molecule has 0 saturated heterocycles. The zero-order chi connectivity index (χ0) is 18.9. The molecule has 6 nitrogen and oxygen atoms in total. The van der Waals surface area contributed by atoms with Crippen molar-refractivity contribution in [1.29, 1.82) is 0 Å². The van der Waals surface area contributed by atoms with Crippen molar-refractivity contribution < 1.29 is 22.1 Å². The van der Waals surface area contributed by atoms with E-state index < -0.39 is 32.6 Å². The van der Waals surface area contributed by atoms with Gasteiger partial charge in [0.15, 0.2) is 0 Å². The molecule has 0 bridgehead atoms. The van der Waals surface area contributed by atoms with E-state index in [1.807, 2.05) is 0 Å². The number of benzene rings is 2. The Kier molecular flexibility index (Phi) is 5.19. The predicted octanol–water partition coefficient (Wildman–Crippen LogP) is 3.53. The van der Waals surface area contributed by atoms with Crippen molar-refractivity contribution in [3.63, 3.8) is 0 Å². The number of halogens is 2. The molecule has 134 valence electrons. The number of aryl methyl sites for hydroxylation is 1. The van der Waals surface area contributed by atoms with E-state index in [-0.39, 0.29) is 16.1 Å². The monoisotopic (exact) mass is 370 g/mol. The van der Waals surface area contributed by atoms with Crippen LogP contribution < -0.4 is 4.72 Å². The lowest BCUT2D eigenvalue weighted by atomic mass is 10.1. The normalized spacial score (nSPS) is 12.8. The van der Waals surface area contributed by atoms with Crippen LogP contribution in [0.25, 0.3) is 0 Å². The predicted molar refractivity (Wildman–Crippen MR) is 87.7 cm³/mol. The quantitative estimate of drug-likeness (QED) is 0.644. The number of nitrogens with one attached hydrogen (secondary N) is 1. The van der Waals surface area contributed by atoms with Gasteiger partial charge in [-0.15, -0.1) is 0 Å². The smallest absolute Gasteiger partial charge is 0.258 e. The summed E-state index contributed by atoms with van der Waals surface area (Å²) in [6, 6.07) is 4.05. The second-order valence-electron chi connectivity index (χ2n) is 5.65. The largest absolute Gasteiger partial charge is 0.271 e. The van der Waals surface area contributed by atoms with E-state index in [1.165, 1.54) is 19.9 Å². The summed E-state index contributed by atoms with van der Waals surface area (Å²) in [5.41, 5.74) is 0.397. The lowest BCUT2D eigenvalue weighted by Gasteiger charge is -2.17. The highest BCUT2D eigenvalue weighted by Crippen LogP contribution is 2.27. The molecule has 0 saturated carbocycles. The molecule has 0 amide bonds. The van der Waals surface area contributed by atoms with Crippen molar-refractivity contribution in [2.45, 2.75) is 31.7 Å². The van der Waals surface area contributed by atoms with Crippen molar-refractivity contribution in [2.75, 3.05) is 0 Å². The molecule has 25 heavy (non-hydrogen) atoms. The Morgan fingerprint density at radius 1 is 1.16 bits per heavy atom. The van der Waals surface area contributed by atoms with Crippen LogP contribution in [0.5, 0.6) is 0 Å². The van der Waals surface area contributed by atoms with Gasteiger partial charge in [-0.1, -0.05) is 6.07 Å². The number of nitro benzene ring substituents is 1. The zero-order valence-corrected chi connectivity index (χ0v) is 14.5. The van der Waals surface area contributed by atoms with Gasteiger partial charge < -0.3 is 0 Å². The molecule has 0 aliphatic carbocycles. The van der Waals surface area contributed by atoms with E-state index in [0.29, 0.717) is 17.2 Å². The molecule has 0 aromatic heterocycles. The molecular weight excluding hydrogens is 354 g/mol. The van der Waals surface area contributed by atoms with Crippen LogP contribution in [0.2, 0.25) is 0 Å². The van der Waals surface area contributed by atoms with E-state index in [2.05, 4.69) is 4.72 Å². The van der Waals surface area contributed by atoms with Crippen molar-refractivity contribution >= 4 is 15.7 Å². The molecule has 2 aromatic rings. The Balaban J connectivity index is 2.44. The van der Waals surface area contributed by atoms with Crippen molar-refractivity contribution in [1.82, 2.24) is 4.72 Å². The minimum atomic E-state index is -4.16.